The first-order chi connectivity index (χ1) is 16.9. The zero-order valence-electron chi connectivity index (χ0n) is 21.1. The molecule has 2 aliphatic rings. The third-order valence-electron chi connectivity index (χ3n) is 6.78. The van der Waals surface area contributed by atoms with Gasteiger partial charge in [0.15, 0.2) is 11.7 Å². The van der Waals surface area contributed by atoms with E-state index < -0.39 is 17.8 Å². The Morgan fingerprint density at radius 3 is 2.37 bits per heavy atom. The smallest absolute Gasteiger partial charge is 0.166 e. The van der Waals surface area contributed by atoms with E-state index in [-0.39, 0.29) is 23.4 Å². The monoisotopic (exact) mass is 488 g/mol. The van der Waals surface area contributed by atoms with E-state index in [0.29, 0.717) is 42.9 Å². The van der Waals surface area contributed by atoms with Gasteiger partial charge in [0.25, 0.3) is 0 Å². The molecule has 0 spiro atoms. The van der Waals surface area contributed by atoms with Crippen molar-refractivity contribution in [1.82, 2.24) is 0 Å². The van der Waals surface area contributed by atoms with Gasteiger partial charge < -0.3 is 9.47 Å². The zero-order chi connectivity index (χ0) is 25.8. The minimum Gasteiger partial charge on any atom is -0.374 e. The van der Waals surface area contributed by atoms with E-state index in [2.05, 4.69) is 19.7 Å². The van der Waals surface area contributed by atoms with Crippen LogP contribution in [0.15, 0.2) is 96.5 Å². The van der Waals surface area contributed by atoms with Crippen LogP contribution in [0.2, 0.25) is 0 Å². The molecule has 0 saturated heterocycles. The largest absolute Gasteiger partial charge is 0.374 e. The van der Waals surface area contributed by atoms with Gasteiger partial charge >= 0.3 is 0 Å². The Balaban J connectivity index is 1.99. The SMILES string of the molecule is C=C/C=C(\C=C/CCOC1C=C(F)C(OC)CC1)C(=C)/C(F)=C(F)\C(=C/C)C1CCC(C=C)CC1. The highest BCUT2D eigenvalue weighted by molar-refractivity contribution is 5.52. The molecular formula is C30H39F3O2. The van der Waals surface area contributed by atoms with Crippen LogP contribution in [0.1, 0.15) is 51.9 Å². The summed E-state index contributed by atoms with van der Waals surface area (Å²) in [6.45, 7) is 13.4. The first-order valence-electron chi connectivity index (χ1n) is 12.4. The molecule has 2 rings (SSSR count). The maximum absolute atomic E-state index is 15.2. The third kappa shape index (κ3) is 8.36. The van der Waals surface area contributed by atoms with Crippen molar-refractivity contribution in [2.75, 3.05) is 13.7 Å². The fourth-order valence-corrected chi connectivity index (χ4v) is 4.66. The fourth-order valence-electron chi connectivity index (χ4n) is 4.66. The van der Waals surface area contributed by atoms with Gasteiger partial charge in [-0.15, -0.1) is 6.58 Å². The second-order valence-electron chi connectivity index (χ2n) is 9.01. The van der Waals surface area contributed by atoms with E-state index in [1.165, 1.54) is 19.3 Å². The minimum absolute atomic E-state index is 0.00730. The van der Waals surface area contributed by atoms with Crippen LogP contribution in [-0.4, -0.2) is 25.9 Å². The molecule has 0 aromatic heterocycles. The average molecular weight is 489 g/mol. The molecule has 5 heteroatoms. The van der Waals surface area contributed by atoms with E-state index in [1.54, 1.807) is 31.2 Å². The molecule has 0 bridgehead atoms. The Morgan fingerprint density at radius 1 is 1.09 bits per heavy atom. The molecule has 0 aromatic rings. The Bertz CT molecular complexity index is 899. The second-order valence-corrected chi connectivity index (χ2v) is 9.01. The Kier molecular flexibility index (Phi) is 12.3. The molecule has 2 aliphatic carbocycles. The van der Waals surface area contributed by atoms with Gasteiger partial charge in [0.05, 0.1) is 12.7 Å². The minimum atomic E-state index is -0.951. The summed E-state index contributed by atoms with van der Waals surface area (Å²) < 4.78 is 55.1. The van der Waals surface area contributed by atoms with Crippen molar-refractivity contribution in [3.05, 3.63) is 96.5 Å². The molecule has 0 aliphatic heterocycles. The lowest BCUT2D eigenvalue weighted by atomic mass is 9.78. The van der Waals surface area contributed by atoms with Crippen LogP contribution in [-0.2, 0) is 9.47 Å². The number of rotatable bonds is 12. The molecule has 2 atom stereocenters. The number of halogens is 3. The van der Waals surface area contributed by atoms with Gasteiger partial charge in [0.2, 0.25) is 0 Å². The molecule has 0 radical (unpaired) electrons. The molecule has 2 unspecified atom stereocenters. The summed E-state index contributed by atoms with van der Waals surface area (Å²) in [6.07, 6.45) is 16.2. The molecule has 1 saturated carbocycles. The summed E-state index contributed by atoms with van der Waals surface area (Å²) in [4.78, 5) is 0. The second kappa shape index (κ2) is 14.9. The van der Waals surface area contributed by atoms with Gasteiger partial charge in [-0.1, -0.05) is 49.6 Å². The van der Waals surface area contributed by atoms with Crippen molar-refractivity contribution in [2.24, 2.45) is 11.8 Å². The molecule has 35 heavy (non-hydrogen) atoms. The van der Waals surface area contributed by atoms with E-state index in [9.17, 15) is 4.39 Å². The topological polar surface area (TPSA) is 18.5 Å². The van der Waals surface area contributed by atoms with Crippen molar-refractivity contribution >= 4 is 0 Å². The number of ether oxygens (including phenoxy) is 2. The summed E-state index contributed by atoms with van der Waals surface area (Å²) in [5.74, 6) is -1.65. The average Bonchev–Trinajstić information content (AvgIpc) is 2.87. The maximum Gasteiger partial charge on any atom is 0.166 e. The lowest BCUT2D eigenvalue weighted by Gasteiger charge is -2.28. The number of allylic oxidation sites excluding steroid dienone is 10. The van der Waals surface area contributed by atoms with Gasteiger partial charge in [-0.3, -0.25) is 0 Å². The number of hydrogen-bond acceptors (Lipinski definition) is 2. The first-order valence-corrected chi connectivity index (χ1v) is 12.4. The Labute approximate surface area is 209 Å². The molecule has 1 fully saturated rings. The van der Waals surface area contributed by atoms with E-state index in [0.717, 1.165) is 25.7 Å². The maximum atomic E-state index is 15.2. The molecule has 0 amide bonds. The standard InChI is InChI=1S/C30H39F3O2/c1-6-11-23(12-9-10-19-35-25-17-18-28(34-5)27(31)20-25)21(4)29(32)30(33)26(8-3)24-15-13-22(7-2)14-16-24/h6-9,11-12,20,22,24-25,28H,1-2,4,10,13-19H2,3,5H3/b12-9-,23-11+,26-8-,30-29-. The van der Waals surface area contributed by atoms with E-state index in [1.807, 2.05) is 6.08 Å². The van der Waals surface area contributed by atoms with Gasteiger partial charge in [-0.05, 0) is 80.9 Å². The lowest BCUT2D eigenvalue weighted by molar-refractivity contribution is 0.0381. The van der Waals surface area contributed by atoms with E-state index >= 15 is 8.78 Å². The summed E-state index contributed by atoms with van der Waals surface area (Å²) >= 11 is 0. The quantitative estimate of drug-likeness (QED) is 0.155. The van der Waals surface area contributed by atoms with Crippen molar-refractivity contribution in [3.8, 4) is 0 Å². The molecule has 0 N–H and O–H groups in total. The van der Waals surface area contributed by atoms with Crippen LogP contribution >= 0.6 is 0 Å². The summed E-state index contributed by atoms with van der Waals surface area (Å²) in [6, 6.07) is 0. The van der Waals surface area contributed by atoms with Crippen molar-refractivity contribution in [1.29, 1.82) is 0 Å². The van der Waals surface area contributed by atoms with E-state index in [4.69, 9.17) is 9.47 Å². The van der Waals surface area contributed by atoms with Gasteiger partial charge in [-0.25, -0.2) is 13.2 Å². The highest BCUT2D eigenvalue weighted by Gasteiger charge is 2.27. The predicted octanol–water partition coefficient (Wildman–Crippen LogP) is 8.74. The molecule has 192 valence electrons. The Morgan fingerprint density at radius 2 is 1.80 bits per heavy atom. The summed E-state index contributed by atoms with van der Waals surface area (Å²) in [7, 11) is 1.49. The molecule has 0 aromatic carbocycles. The number of hydrogen-bond donors (Lipinski definition) is 0. The van der Waals surface area contributed by atoms with Gasteiger partial charge in [0.1, 0.15) is 11.9 Å². The van der Waals surface area contributed by atoms with Crippen LogP contribution in [0.4, 0.5) is 13.2 Å². The van der Waals surface area contributed by atoms with Crippen LogP contribution < -0.4 is 0 Å². The molecule has 2 nitrogen and oxygen atoms in total. The lowest BCUT2D eigenvalue weighted by Crippen LogP contribution is -2.23. The Hall–Kier alpha value is -2.37. The van der Waals surface area contributed by atoms with Gasteiger partial charge in [-0.2, -0.15) is 0 Å². The fraction of sp³-hybridized carbons (Fsp3) is 0.467. The van der Waals surface area contributed by atoms with Crippen LogP contribution in [0.25, 0.3) is 0 Å². The third-order valence-corrected chi connectivity index (χ3v) is 6.78. The molecular weight excluding hydrogens is 449 g/mol. The zero-order valence-corrected chi connectivity index (χ0v) is 21.1. The van der Waals surface area contributed by atoms with Crippen molar-refractivity contribution < 1.29 is 22.6 Å². The highest BCUT2D eigenvalue weighted by atomic mass is 19.2. The summed E-state index contributed by atoms with van der Waals surface area (Å²) in [5.41, 5.74) is 0.816. The van der Waals surface area contributed by atoms with Crippen molar-refractivity contribution in [2.45, 2.75) is 64.1 Å². The summed E-state index contributed by atoms with van der Waals surface area (Å²) in [5, 5.41) is 0. The van der Waals surface area contributed by atoms with Gasteiger partial charge in [0, 0.05) is 12.7 Å². The first kappa shape index (κ1) is 28.9. The van der Waals surface area contributed by atoms with Crippen LogP contribution in [0.5, 0.6) is 0 Å². The number of methoxy groups -OCH3 is 1. The predicted molar refractivity (Wildman–Crippen MR) is 139 cm³/mol. The molecule has 0 heterocycles. The van der Waals surface area contributed by atoms with Crippen molar-refractivity contribution in [3.63, 3.8) is 0 Å². The van der Waals surface area contributed by atoms with Crippen LogP contribution in [0, 0.1) is 11.8 Å². The normalized spacial score (nSPS) is 26.8. The highest BCUT2D eigenvalue weighted by Crippen LogP contribution is 2.39. The van der Waals surface area contributed by atoms with Crippen LogP contribution in [0.3, 0.4) is 0 Å².